The van der Waals surface area contributed by atoms with Crippen LogP contribution in [-0.2, 0) is 4.79 Å². The molecule has 6 nitrogen and oxygen atoms in total. The molecule has 0 radical (unpaired) electrons. The Hall–Kier alpha value is -1.30. The predicted octanol–water partition coefficient (Wildman–Crippen LogP) is 0.652. The summed E-state index contributed by atoms with van der Waals surface area (Å²) in [6, 6.07) is -0.328. The molecule has 3 N–H and O–H groups in total. The van der Waals surface area contributed by atoms with Crippen molar-refractivity contribution < 1.29 is 19.8 Å². The minimum Gasteiger partial charge on any atom is -0.481 e. The van der Waals surface area contributed by atoms with E-state index in [-0.39, 0.29) is 6.03 Å². The molecule has 1 rings (SSSR count). The number of β-amino-alcohol motifs (C(OH)–C–C–N with tert-alkyl or cyclic N) is 1. The highest BCUT2D eigenvalue weighted by atomic mass is 16.4. The number of likely N-dealkylation sites (tertiary alicyclic amines) is 1. The number of aliphatic hydroxyl groups excluding tert-OH is 1. The van der Waals surface area contributed by atoms with E-state index < -0.39 is 23.0 Å². The second kappa shape index (κ2) is 4.76. The number of amides is 2. The average molecular weight is 258 g/mol. The van der Waals surface area contributed by atoms with Gasteiger partial charge in [0, 0.05) is 13.1 Å². The van der Waals surface area contributed by atoms with Gasteiger partial charge in [-0.05, 0) is 34.1 Å². The number of nitrogens with one attached hydrogen (secondary N) is 1. The van der Waals surface area contributed by atoms with E-state index in [0.717, 1.165) is 0 Å². The van der Waals surface area contributed by atoms with Crippen LogP contribution in [0.3, 0.4) is 0 Å². The summed E-state index contributed by atoms with van der Waals surface area (Å²) < 4.78 is 0. The average Bonchev–Trinajstić information content (AvgIpc) is 2.63. The third kappa shape index (κ3) is 2.75. The Kier molecular flexibility index (Phi) is 3.90. The fraction of sp³-hybridized carbons (Fsp3) is 0.833. The fourth-order valence-corrected chi connectivity index (χ4v) is 1.70. The van der Waals surface area contributed by atoms with Crippen LogP contribution in [0.15, 0.2) is 0 Å². The quantitative estimate of drug-likeness (QED) is 0.693. The van der Waals surface area contributed by atoms with Gasteiger partial charge < -0.3 is 20.4 Å². The van der Waals surface area contributed by atoms with Gasteiger partial charge in [0.15, 0.2) is 0 Å². The van der Waals surface area contributed by atoms with E-state index >= 15 is 0 Å². The van der Waals surface area contributed by atoms with Crippen molar-refractivity contribution in [2.24, 2.45) is 5.41 Å². The third-order valence-electron chi connectivity index (χ3n) is 3.97. The van der Waals surface area contributed by atoms with Crippen molar-refractivity contribution in [3.05, 3.63) is 0 Å². The molecule has 0 aromatic rings. The number of carboxylic acids is 1. The highest BCUT2D eigenvalue weighted by Crippen LogP contribution is 2.31. The Balaban J connectivity index is 2.71. The van der Waals surface area contributed by atoms with Gasteiger partial charge in [0.2, 0.25) is 0 Å². The van der Waals surface area contributed by atoms with Crippen LogP contribution in [0.4, 0.5) is 4.79 Å². The molecule has 104 valence electrons. The van der Waals surface area contributed by atoms with Crippen molar-refractivity contribution in [3.8, 4) is 0 Å². The second-order valence-corrected chi connectivity index (χ2v) is 5.87. The molecule has 0 saturated carbocycles. The van der Waals surface area contributed by atoms with Gasteiger partial charge in [-0.25, -0.2) is 4.79 Å². The van der Waals surface area contributed by atoms with E-state index in [9.17, 15) is 19.8 Å². The van der Waals surface area contributed by atoms with Crippen LogP contribution >= 0.6 is 0 Å². The number of aliphatic hydroxyl groups is 1. The monoisotopic (exact) mass is 258 g/mol. The minimum atomic E-state index is -1.08. The van der Waals surface area contributed by atoms with E-state index in [1.54, 1.807) is 27.7 Å². The molecular weight excluding hydrogens is 236 g/mol. The van der Waals surface area contributed by atoms with Crippen LogP contribution < -0.4 is 5.32 Å². The Morgan fingerprint density at radius 2 is 1.83 bits per heavy atom. The molecule has 1 aliphatic heterocycles. The molecule has 1 unspecified atom stereocenters. The molecule has 0 aromatic carbocycles. The SMILES string of the molecule is CC(C)(NC(=O)N1CCC(O)C1)C(C)(C)C(=O)O. The zero-order valence-corrected chi connectivity index (χ0v) is 11.4. The van der Waals surface area contributed by atoms with E-state index in [1.165, 1.54) is 4.90 Å². The highest BCUT2D eigenvalue weighted by Gasteiger charge is 2.45. The van der Waals surface area contributed by atoms with E-state index in [4.69, 9.17) is 0 Å². The Bertz CT molecular complexity index is 352. The number of carboxylic acid groups (broad SMARTS) is 1. The molecule has 0 aliphatic carbocycles. The van der Waals surface area contributed by atoms with E-state index in [1.807, 2.05) is 0 Å². The second-order valence-electron chi connectivity index (χ2n) is 5.87. The molecule has 1 saturated heterocycles. The smallest absolute Gasteiger partial charge is 0.317 e. The minimum absolute atomic E-state index is 0.301. The molecule has 2 amide bonds. The van der Waals surface area contributed by atoms with Crippen molar-refractivity contribution in [1.29, 1.82) is 0 Å². The van der Waals surface area contributed by atoms with E-state index in [0.29, 0.717) is 19.5 Å². The third-order valence-corrected chi connectivity index (χ3v) is 3.97. The summed E-state index contributed by atoms with van der Waals surface area (Å²) in [5.41, 5.74) is -1.97. The van der Waals surface area contributed by atoms with Gasteiger partial charge in [-0.1, -0.05) is 0 Å². The first-order chi connectivity index (χ1) is 8.08. The summed E-state index contributed by atoms with van der Waals surface area (Å²) >= 11 is 0. The van der Waals surface area contributed by atoms with Crippen molar-refractivity contribution in [3.63, 3.8) is 0 Å². The first kappa shape index (κ1) is 14.8. The summed E-state index contributed by atoms with van der Waals surface area (Å²) in [7, 11) is 0. The molecule has 1 heterocycles. The summed E-state index contributed by atoms with van der Waals surface area (Å²) in [5.74, 6) is -0.964. The van der Waals surface area contributed by atoms with E-state index in [2.05, 4.69) is 5.32 Å². The number of urea groups is 1. The zero-order chi connectivity index (χ0) is 14.1. The van der Waals surface area contributed by atoms with Crippen LogP contribution in [0.1, 0.15) is 34.1 Å². The van der Waals surface area contributed by atoms with Gasteiger partial charge in [-0.3, -0.25) is 4.79 Å². The van der Waals surface area contributed by atoms with Gasteiger partial charge >= 0.3 is 12.0 Å². The van der Waals surface area contributed by atoms with Crippen LogP contribution in [0.5, 0.6) is 0 Å². The molecule has 0 bridgehead atoms. The van der Waals surface area contributed by atoms with Crippen LogP contribution in [0.2, 0.25) is 0 Å². The zero-order valence-electron chi connectivity index (χ0n) is 11.4. The fourth-order valence-electron chi connectivity index (χ4n) is 1.70. The van der Waals surface area contributed by atoms with Gasteiger partial charge in [-0.2, -0.15) is 0 Å². The lowest BCUT2D eigenvalue weighted by Crippen LogP contribution is -2.59. The Labute approximate surface area is 107 Å². The first-order valence-corrected chi connectivity index (χ1v) is 6.06. The maximum absolute atomic E-state index is 12.0. The van der Waals surface area contributed by atoms with Gasteiger partial charge in [0.05, 0.1) is 17.1 Å². The number of hydrogen-bond donors (Lipinski definition) is 3. The maximum Gasteiger partial charge on any atom is 0.317 e. The standard InChI is InChI=1S/C12H22N2O4/c1-11(2,9(16)17)12(3,4)13-10(18)14-6-5-8(15)7-14/h8,15H,5-7H2,1-4H3,(H,13,18)(H,16,17). The molecule has 1 aliphatic rings. The topological polar surface area (TPSA) is 89.9 Å². The van der Waals surface area contributed by atoms with Crippen molar-refractivity contribution in [2.45, 2.75) is 45.8 Å². The molecular formula is C12H22N2O4. The lowest BCUT2D eigenvalue weighted by molar-refractivity contribution is -0.150. The molecule has 18 heavy (non-hydrogen) atoms. The first-order valence-electron chi connectivity index (χ1n) is 6.06. The lowest BCUT2D eigenvalue weighted by Gasteiger charge is -2.39. The van der Waals surface area contributed by atoms with Gasteiger partial charge in [0.25, 0.3) is 0 Å². The number of carbonyl (C=O) groups excluding carboxylic acids is 1. The van der Waals surface area contributed by atoms with Crippen LogP contribution in [-0.4, -0.2) is 51.8 Å². The Morgan fingerprint density at radius 1 is 1.28 bits per heavy atom. The van der Waals surface area contributed by atoms with Crippen molar-refractivity contribution in [1.82, 2.24) is 10.2 Å². The molecule has 6 heteroatoms. The number of rotatable bonds is 3. The van der Waals surface area contributed by atoms with Crippen LogP contribution in [0.25, 0.3) is 0 Å². The lowest BCUT2D eigenvalue weighted by atomic mass is 9.74. The van der Waals surface area contributed by atoms with Gasteiger partial charge in [-0.15, -0.1) is 0 Å². The molecule has 1 fully saturated rings. The summed E-state index contributed by atoms with van der Waals surface area (Å²) in [4.78, 5) is 24.7. The molecule has 0 spiro atoms. The molecule has 0 aromatic heterocycles. The summed E-state index contributed by atoms with van der Waals surface area (Å²) in [5, 5.41) is 21.3. The van der Waals surface area contributed by atoms with Gasteiger partial charge in [0.1, 0.15) is 0 Å². The predicted molar refractivity (Wildman–Crippen MR) is 66.2 cm³/mol. The highest BCUT2D eigenvalue weighted by molar-refractivity contribution is 5.79. The normalized spacial score (nSPS) is 20.9. The van der Waals surface area contributed by atoms with Crippen molar-refractivity contribution in [2.75, 3.05) is 13.1 Å². The number of nitrogens with zero attached hydrogens (tertiary/aromatic N) is 1. The van der Waals surface area contributed by atoms with Crippen LogP contribution in [0, 0.1) is 5.41 Å². The largest absolute Gasteiger partial charge is 0.481 e. The summed E-state index contributed by atoms with van der Waals surface area (Å²) in [6.07, 6.45) is 0.0854. The van der Waals surface area contributed by atoms with Crippen molar-refractivity contribution >= 4 is 12.0 Å². The number of carbonyl (C=O) groups is 2. The number of hydrogen-bond acceptors (Lipinski definition) is 3. The molecule has 1 atom stereocenters. The number of aliphatic carboxylic acids is 1. The maximum atomic E-state index is 12.0. The summed E-state index contributed by atoms with van der Waals surface area (Å²) in [6.45, 7) is 7.33. The Morgan fingerprint density at radius 3 is 2.22 bits per heavy atom.